The normalized spacial score (nSPS) is 25.5. The van der Waals surface area contributed by atoms with E-state index in [1.54, 1.807) is 0 Å². The first-order valence-electron chi connectivity index (χ1n) is 5.62. The fourth-order valence-corrected chi connectivity index (χ4v) is 1.97. The Balaban J connectivity index is 2.07. The number of aryl methyl sites for hydroxylation is 2. The molecule has 0 bridgehead atoms. The monoisotopic (exact) mass is 205 g/mol. The minimum absolute atomic E-state index is 0.326. The third-order valence-corrected chi connectivity index (χ3v) is 3.24. The Morgan fingerprint density at radius 2 is 2.07 bits per heavy atom. The molecule has 0 radical (unpaired) electrons. The van der Waals surface area contributed by atoms with E-state index in [1.807, 2.05) is 0 Å². The van der Waals surface area contributed by atoms with Crippen molar-refractivity contribution >= 4 is 5.69 Å². The van der Waals surface area contributed by atoms with E-state index >= 15 is 0 Å². The highest BCUT2D eigenvalue weighted by atomic mass is 16.5. The van der Waals surface area contributed by atoms with Crippen LogP contribution in [0.3, 0.4) is 0 Å². The minimum atomic E-state index is 0.326. The van der Waals surface area contributed by atoms with Gasteiger partial charge in [-0.15, -0.1) is 0 Å². The second-order valence-electron chi connectivity index (χ2n) is 4.41. The first-order valence-corrected chi connectivity index (χ1v) is 5.62. The lowest BCUT2D eigenvalue weighted by Gasteiger charge is -2.18. The molecule has 1 fully saturated rings. The maximum atomic E-state index is 5.53. The van der Waals surface area contributed by atoms with Crippen molar-refractivity contribution in [2.75, 3.05) is 11.9 Å². The van der Waals surface area contributed by atoms with E-state index in [9.17, 15) is 0 Å². The van der Waals surface area contributed by atoms with Crippen molar-refractivity contribution in [3.05, 3.63) is 29.3 Å². The molecular formula is C13H19NO. The van der Waals surface area contributed by atoms with Gasteiger partial charge in [-0.1, -0.05) is 6.07 Å². The zero-order chi connectivity index (χ0) is 10.8. The average Bonchev–Trinajstić information content (AvgIpc) is 2.59. The summed E-state index contributed by atoms with van der Waals surface area (Å²) in [6.45, 7) is 7.30. The van der Waals surface area contributed by atoms with Gasteiger partial charge in [0.25, 0.3) is 0 Å². The van der Waals surface area contributed by atoms with E-state index in [0.717, 1.165) is 13.0 Å². The van der Waals surface area contributed by atoms with Crippen molar-refractivity contribution in [2.45, 2.75) is 39.3 Å². The molecule has 1 heterocycles. The summed E-state index contributed by atoms with van der Waals surface area (Å²) in [4.78, 5) is 0. The fourth-order valence-electron chi connectivity index (χ4n) is 1.97. The second kappa shape index (κ2) is 4.23. The van der Waals surface area contributed by atoms with Crippen LogP contribution in [0.2, 0.25) is 0 Å². The summed E-state index contributed by atoms with van der Waals surface area (Å²) >= 11 is 0. The summed E-state index contributed by atoms with van der Waals surface area (Å²) < 4.78 is 5.53. The van der Waals surface area contributed by atoms with Crippen molar-refractivity contribution in [1.82, 2.24) is 0 Å². The summed E-state index contributed by atoms with van der Waals surface area (Å²) in [6, 6.07) is 6.98. The van der Waals surface area contributed by atoms with E-state index in [-0.39, 0.29) is 0 Å². The zero-order valence-corrected chi connectivity index (χ0v) is 9.71. The first kappa shape index (κ1) is 10.5. The molecule has 0 aliphatic carbocycles. The van der Waals surface area contributed by atoms with Crippen molar-refractivity contribution in [3.8, 4) is 0 Å². The van der Waals surface area contributed by atoms with E-state index in [1.165, 1.54) is 16.8 Å². The first-order chi connectivity index (χ1) is 7.16. The van der Waals surface area contributed by atoms with Crippen molar-refractivity contribution in [3.63, 3.8) is 0 Å². The highest BCUT2D eigenvalue weighted by molar-refractivity contribution is 5.49. The number of anilines is 1. The molecule has 82 valence electrons. The summed E-state index contributed by atoms with van der Waals surface area (Å²) in [5.74, 6) is 0. The van der Waals surface area contributed by atoms with Crippen LogP contribution in [-0.2, 0) is 4.74 Å². The van der Waals surface area contributed by atoms with E-state index < -0.39 is 0 Å². The maximum absolute atomic E-state index is 5.53. The molecule has 1 aromatic rings. The molecular weight excluding hydrogens is 186 g/mol. The fraction of sp³-hybridized carbons (Fsp3) is 0.538. The topological polar surface area (TPSA) is 21.3 Å². The van der Waals surface area contributed by atoms with Crippen molar-refractivity contribution < 1.29 is 4.74 Å². The lowest BCUT2D eigenvalue weighted by Crippen LogP contribution is -2.26. The molecule has 15 heavy (non-hydrogen) atoms. The van der Waals surface area contributed by atoms with Gasteiger partial charge >= 0.3 is 0 Å². The van der Waals surface area contributed by atoms with Crippen molar-refractivity contribution in [1.29, 1.82) is 0 Å². The van der Waals surface area contributed by atoms with Gasteiger partial charge < -0.3 is 10.1 Å². The summed E-state index contributed by atoms with van der Waals surface area (Å²) in [5, 5.41) is 3.53. The third-order valence-electron chi connectivity index (χ3n) is 3.24. The summed E-state index contributed by atoms with van der Waals surface area (Å²) in [5.41, 5.74) is 3.89. The molecule has 0 aromatic heterocycles. The van der Waals surface area contributed by atoms with Gasteiger partial charge in [-0.05, 0) is 50.5 Å². The largest absolute Gasteiger partial charge is 0.380 e. The predicted molar refractivity (Wildman–Crippen MR) is 63.4 cm³/mol. The highest BCUT2D eigenvalue weighted by Gasteiger charge is 2.23. The number of ether oxygens (including phenoxy) is 1. The van der Waals surface area contributed by atoms with Crippen LogP contribution in [0.25, 0.3) is 0 Å². The number of hydrogen-bond donors (Lipinski definition) is 1. The van der Waals surface area contributed by atoms with Crippen molar-refractivity contribution in [2.24, 2.45) is 0 Å². The Hall–Kier alpha value is -1.02. The summed E-state index contributed by atoms with van der Waals surface area (Å²) in [7, 11) is 0. The van der Waals surface area contributed by atoms with Crippen LogP contribution in [0.5, 0.6) is 0 Å². The van der Waals surface area contributed by atoms with Gasteiger partial charge in [-0.2, -0.15) is 0 Å². The number of hydrogen-bond acceptors (Lipinski definition) is 2. The third kappa shape index (κ3) is 2.32. The lowest BCUT2D eigenvalue weighted by atomic mass is 10.1. The van der Waals surface area contributed by atoms with Gasteiger partial charge in [0, 0.05) is 12.3 Å². The van der Waals surface area contributed by atoms with Crippen LogP contribution < -0.4 is 5.32 Å². The summed E-state index contributed by atoms with van der Waals surface area (Å²) in [6.07, 6.45) is 1.43. The van der Waals surface area contributed by atoms with E-state index in [4.69, 9.17) is 4.74 Å². The molecule has 1 aliphatic heterocycles. The molecule has 2 heteroatoms. The van der Waals surface area contributed by atoms with Crippen LogP contribution in [0.4, 0.5) is 5.69 Å². The molecule has 1 aliphatic rings. The number of benzene rings is 1. The molecule has 2 atom stereocenters. The maximum Gasteiger partial charge on any atom is 0.0748 e. The van der Waals surface area contributed by atoms with Crippen LogP contribution in [0.1, 0.15) is 24.5 Å². The zero-order valence-electron chi connectivity index (χ0n) is 9.71. The molecule has 0 amide bonds. The van der Waals surface area contributed by atoms with Crippen LogP contribution >= 0.6 is 0 Å². The molecule has 2 rings (SSSR count). The minimum Gasteiger partial charge on any atom is -0.380 e. The van der Waals surface area contributed by atoms with Gasteiger partial charge in [0.1, 0.15) is 0 Å². The van der Waals surface area contributed by atoms with E-state index in [2.05, 4.69) is 44.3 Å². The number of rotatable bonds is 2. The average molecular weight is 205 g/mol. The molecule has 1 N–H and O–H groups in total. The Labute approximate surface area is 91.6 Å². The Bertz CT molecular complexity index is 348. The van der Waals surface area contributed by atoms with Crippen LogP contribution in [-0.4, -0.2) is 18.8 Å². The molecule has 0 spiro atoms. The van der Waals surface area contributed by atoms with Gasteiger partial charge in [0.2, 0.25) is 0 Å². The molecule has 0 saturated carbocycles. The highest BCUT2D eigenvalue weighted by Crippen LogP contribution is 2.20. The van der Waals surface area contributed by atoms with Gasteiger partial charge in [-0.3, -0.25) is 0 Å². The molecule has 1 aromatic carbocycles. The second-order valence-corrected chi connectivity index (χ2v) is 4.41. The quantitative estimate of drug-likeness (QED) is 0.801. The van der Waals surface area contributed by atoms with Gasteiger partial charge in [0.15, 0.2) is 0 Å². The Kier molecular flexibility index (Phi) is 2.96. The van der Waals surface area contributed by atoms with Gasteiger partial charge in [0.05, 0.1) is 12.1 Å². The smallest absolute Gasteiger partial charge is 0.0748 e. The van der Waals surface area contributed by atoms with E-state index in [0.29, 0.717) is 12.1 Å². The van der Waals surface area contributed by atoms with Crippen LogP contribution in [0, 0.1) is 13.8 Å². The standard InChI is InChI=1S/C13H19NO/c1-9-4-5-12(8-10(9)2)14-13-6-7-15-11(13)3/h4-5,8,11,13-14H,6-7H2,1-3H3/t11-,13-/m1/s1. The SMILES string of the molecule is Cc1ccc(N[C@@H]2CCO[C@@H]2C)cc1C. The number of nitrogens with one attached hydrogen (secondary N) is 1. The lowest BCUT2D eigenvalue weighted by molar-refractivity contribution is 0.121. The van der Waals surface area contributed by atoms with Crippen LogP contribution in [0.15, 0.2) is 18.2 Å². The molecule has 0 unspecified atom stereocenters. The molecule has 1 saturated heterocycles. The Morgan fingerprint density at radius 1 is 1.27 bits per heavy atom. The molecule has 2 nitrogen and oxygen atoms in total. The predicted octanol–water partition coefficient (Wildman–Crippen LogP) is 2.89. The Morgan fingerprint density at radius 3 is 2.67 bits per heavy atom. The van der Waals surface area contributed by atoms with Gasteiger partial charge in [-0.25, -0.2) is 0 Å².